The molecule has 0 fully saturated rings. The number of aryl methyl sites for hydroxylation is 4. The molecule has 0 unspecified atom stereocenters. The maximum atomic E-state index is 2.92. The number of rotatable bonds is 0. The van der Waals surface area contributed by atoms with Crippen LogP contribution >= 0.6 is 0 Å². The van der Waals surface area contributed by atoms with Crippen molar-refractivity contribution in [3.63, 3.8) is 0 Å². The van der Waals surface area contributed by atoms with Gasteiger partial charge in [-0.1, -0.05) is 0 Å². The van der Waals surface area contributed by atoms with Crippen LogP contribution in [0.4, 0.5) is 0 Å². The Morgan fingerprint density at radius 3 is 1.78 bits per heavy atom. The first-order valence-electron chi connectivity index (χ1n) is 4.22. The second-order valence-corrected chi connectivity index (χ2v) is 3.06. The van der Waals surface area contributed by atoms with E-state index in [0.29, 0.717) is 0 Å². The van der Waals surface area contributed by atoms with Crippen LogP contribution < -0.4 is 43.7 Å². The van der Waals surface area contributed by atoms with Gasteiger partial charge in [-0.3, -0.25) is 0 Å². The summed E-state index contributed by atoms with van der Waals surface area (Å²) in [5, 5.41) is 5.78. The zero-order chi connectivity index (χ0) is 10.6. The summed E-state index contributed by atoms with van der Waals surface area (Å²) in [5.74, 6) is 0. The minimum atomic E-state index is 0. The predicted octanol–water partition coefficient (Wildman–Crippen LogP) is -9.07. The Labute approximate surface area is 151 Å². The van der Waals surface area contributed by atoms with Crippen molar-refractivity contribution in [2.45, 2.75) is 0 Å². The van der Waals surface area contributed by atoms with Crippen LogP contribution in [0.25, 0.3) is 0 Å². The van der Waals surface area contributed by atoms with E-state index in [9.17, 15) is 0 Å². The van der Waals surface area contributed by atoms with Crippen molar-refractivity contribution in [2.24, 2.45) is 28.2 Å². The summed E-state index contributed by atoms with van der Waals surface area (Å²) in [6.07, 6.45) is 9.47. The monoisotopic (exact) mass is 660 g/mol. The van der Waals surface area contributed by atoms with Gasteiger partial charge in [0.2, 0.25) is 0 Å². The fraction of sp³-hybridized carbons (Fsp3) is 0.500. The molecule has 2 heterocycles. The summed E-state index contributed by atoms with van der Waals surface area (Å²) < 4.78 is 7.14. The molecule has 2 aromatic rings. The van der Waals surface area contributed by atoms with E-state index >= 15 is 0 Å². The first kappa shape index (κ1) is 26.8. The first-order chi connectivity index (χ1) is 6.58. The van der Waals surface area contributed by atoms with Crippen LogP contribution in [-0.2, 0) is 73.0 Å². The van der Waals surface area contributed by atoms with Gasteiger partial charge in [-0.05, 0) is 0 Å². The fourth-order valence-corrected chi connectivity index (χ4v) is 0.935. The smallest absolute Gasteiger partial charge is 1.00 e. The van der Waals surface area contributed by atoms with Crippen molar-refractivity contribution in [1.82, 2.24) is 9.78 Å². The summed E-state index contributed by atoms with van der Waals surface area (Å²) in [7, 11) is 7.60. The summed E-state index contributed by atoms with van der Waals surface area (Å²) >= 11 is 0. The van der Waals surface area contributed by atoms with E-state index in [2.05, 4.69) is 22.9 Å². The van der Waals surface area contributed by atoms with Crippen LogP contribution in [0.5, 0.6) is 0 Å². The zero-order valence-corrected chi connectivity index (χ0v) is 16.1. The zero-order valence-electron chi connectivity index (χ0n) is 10.3. The molecule has 6 nitrogen and oxygen atoms in total. The third-order valence-electron chi connectivity index (χ3n) is 1.51. The van der Waals surface area contributed by atoms with Gasteiger partial charge in [0, 0.05) is 0 Å². The summed E-state index contributed by atoms with van der Waals surface area (Å²) in [4.78, 5) is 0. The Balaban J connectivity index is -0.0000000891. The topological polar surface area (TPSA) is 46.5 Å². The van der Waals surface area contributed by atoms with Crippen LogP contribution in [0.1, 0.15) is 0 Å². The second-order valence-electron chi connectivity index (χ2n) is 3.06. The molecule has 18 heavy (non-hydrogen) atoms. The Hall–Kier alpha value is 0.341. The van der Waals surface area contributed by atoms with Crippen molar-refractivity contribution >= 4 is 0 Å². The van der Waals surface area contributed by atoms with Gasteiger partial charge < -0.3 is 33.9 Å². The summed E-state index contributed by atoms with van der Waals surface area (Å²) in [6, 6.07) is 0. The number of hydrogen-bond donors (Lipinski definition) is 1. The molecule has 112 valence electrons. The molecule has 0 radical (unpaired) electrons. The van der Waals surface area contributed by atoms with Gasteiger partial charge in [0.05, 0.1) is 14.1 Å². The first-order valence-corrected chi connectivity index (χ1v) is 4.22. The van der Waals surface area contributed by atoms with E-state index in [1.165, 1.54) is 0 Å². The quantitative estimate of drug-likeness (QED) is 0.166. The van der Waals surface area contributed by atoms with Gasteiger partial charge in [-0.2, -0.15) is 0 Å². The predicted molar refractivity (Wildman–Crippen MR) is 44.0 cm³/mol. The molecular formula is C8H16Au2Cl2N6+2. The van der Waals surface area contributed by atoms with Crippen LogP contribution in [0.2, 0.25) is 0 Å². The van der Waals surface area contributed by atoms with E-state index in [0.717, 1.165) is 0 Å². The number of halogens is 2. The van der Waals surface area contributed by atoms with E-state index in [-0.39, 0.29) is 69.6 Å². The molecule has 0 amide bonds. The molecular weight excluding hydrogens is 645 g/mol. The summed E-state index contributed by atoms with van der Waals surface area (Å²) in [6.45, 7) is 0. The van der Waals surface area contributed by atoms with Crippen molar-refractivity contribution < 1.29 is 88.5 Å². The molecule has 0 aliphatic rings. The molecule has 0 aromatic carbocycles. The fourth-order valence-electron chi connectivity index (χ4n) is 0.935. The average molecular weight is 661 g/mol. The number of H-pyrrole nitrogens is 2. The van der Waals surface area contributed by atoms with Crippen molar-refractivity contribution in [2.75, 3.05) is 0 Å². The molecule has 0 saturated heterocycles. The largest absolute Gasteiger partial charge is 1.00 e. The van der Waals surface area contributed by atoms with Crippen molar-refractivity contribution in [3.05, 3.63) is 25.3 Å². The maximum absolute atomic E-state index is 2.92. The van der Waals surface area contributed by atoms with Crippen LogP contribution in [0, 0.1) is 12.7 Å². The Morgan fingerprint density at radius 1 is 1.11 bits per heavy atom. The Kier molecular flexibility index (Phi) is 20.5. The second kappa shape index (κ2) is 13.8. The molecule has 0 aliphatic carbocycles. The minimum Gasteiger partial charge on any atom is -1.00 e. The molecule has 0 aliphatic heterocycles. The molecule has 0 bridgehead atoms. The number of nitrogens with zero attached hydrogens (tertiary/aromatic N) is 4. The Morgan fingerprint density at radius 2 is 1.67 bits per heavy atom. The van der Waals surface area contributed by atoms with E-state index in [4.69, 9.17) is 0 Å². The van der Waals surface area contributed by atoms with E-state index in [1.54, 1.807) is 9.36 Å². The van der Waals surface area contributed by atoms with Crippen LogP contribution in [0.15, 0.2) is 12.7 Å². The van der Waals surface area contributed by atoms with Gasteiger partial charge in [0.15, 0.2) is 12.7 Å². The molecule has 10 heteroatoms. The third-order valence-corrected chi connectivity index (χ3v) is 1.51. The molecule has 0 atom stereocenters. The minimum absolute atomic E-state index is 0. The average Bonchev–Trinajstić information content (AvgIpc) is 2.63. The molecule has 0 saturated carbocycles. The van der Waals surface area contributed by atoms with Crippen molar-refractivity contribution in [3.8, 4) is 0 Å². The van der Waals surface area contributed by atoms with Gasteiger partial charge in [-0.25, -0.2) is 0 Å². The molecule has 0 spiro atoms. The van der Waals surface area contributed by atoms with Crippen molar-refractivity contribution in [1.29, 1.82) is 0 Å². The number of aromatic nitrogens is 6. The summed E-state index contributed by atoms with van der Waals surface area (Å²) in [5.41, 5.74) is 0. The Bertz CT molecular complexity index is 334. The molecule has 2 aromatic heterocycles. The van der Waals surface area contributed by atoms with Crippen LogP contribution in [0.3, 0.4) is 0 Å². The number of aromatic amines is 2. The standard InChI is InChI=1S/C4H8N3.C4H7N3.2Au.2ClH/c2*1-6-3-5-7(2)4-6;;;;/h3,5H,1-2H3;3H,1-2H3;;;2*1H/q+1;;2*+1;;/p-1. The maximum Gasteiger partial charge on any atom is 1.00 e. The van der Waals surface area contributed by atoms with Gasteiger partial charge >= 0.3 is 44.8 Å². The van der Waals surface area contributed by atoms with Gasteiger partial charge in [0.25, 0.3) is 12.7 Å². The normalized spacial score (nSPS) is 7.33. The number of nitrogens with one attached hydrogen (secondary N) is 2. The third kappa shape index (κ3) is 11.4. The number of hydrogen-bond acceptors (Lipinski definition) is 0. The molecule has 2 rings (SSSR count). The van der Waals surface area contributed by atoms with E-state index < -0.39 is 0 Å². The van der Waals surface area contributed by atoms with E-state index in [1.807, 2.05) is 50.0 Å². The van der Waals surface area contributed by atoms with Gasteiger partial charge in [-0.15, -0.1) is 19.6 Å². The molecule has 2 N–H and O–H groups in total. The SMILES string of the molecule is C[n+]1[c-][n+](C)[nH]c1.Cn1[c-][n+](C)c[nH+]1.[Au+].[Au+].[Cl-].[Cl-]. The van der Waals surface area contributed by atoms with Crippen LogP contribution in [-0.4, -0.2) is 9.78 Å². The van der Waals surface area contributed by atoms with Gasteiger partial charge in [0.1, 0.15) is 14.1 Å².